The number of amides is 1. The topological polar surface area (TPSA) is 38.8 Å². The highest BCUT2D eigenvalue weighted by Gasteiger charge is 2.45. The maximum atomic E-state index is 12.4. The van der Waals surface area contributed by atoms with Gasteiger partial charge in [0.1, 0.15) is 0 Å². The van der Waals surface area contributed by atoms with Crippen LogP contribution < -0.4 is 0 Å². The van der Waals surface area contributed by atoms with Gasteiger partial charge in [0.15, 0.2) is 8.32 Å². The van der Waals surface area contributed by atoms with Gasteiger partial charge in [-0.1, -0.05) is 69.3 Å². The minimum Gasteiger partial charge on any atom is -0.408 e. The minimum atomic E-state index is -2.00. The molecule has 4 nitrogen and oxygen atoms in total. The molecule has 1 aromatic carbocycles. The van der Waals surface area contributed by atoms with E-state index >= 15 is 0 Å². The summed E-state index contributed by atoms with van der Waals surface area (Å²) < 4.78 is 12.9. The summed E-state index contributed by atoms with van der Waals surface area (Å²) in [6.07, 6.45) is 5.49. The van der Waals surface area contributed by atoms with Gasteiger partial charge in [-0.25, -0.2) is 0 Å². The van der Waals surface area contributed by atoms with E-state index in [1.54, 1.807) is 13.0 Å². The lowest BCUT2D eigenvalue weighted by atomic mass is 10.1. The zero-order valence-corrected chi connectivity index (χ0v) is 19.1. The Hall–Kier alpha value is -1.69. The predicted molar refractivity (Wildman–Crippen MR) is 118 cm³/mol. The van der Waals surface area contributed by atoms with Crippen LogP contribution in [0.4, 0.5) is 0 Å². The lowest BCUT2D eigenvalue weighted by Gasteiger charge is -2.42. The van der Waals surface area contributed by atoms with E-state index in [2.05, 4.69) is 46.5 Å². The van der Waals surface area contributed by atoms with Crippen molar-refractivity contribution in [1.82, 2.24) is 4.90 Å². The van der Waals surface area contributed by atoms with E-state index < -0.39 is 8.32 Å². The van der Waals surface area contributed by atoms with Crippen molar-refractivity contribution in [3.05, 3.63) is 60.7 Å². The number of carbonyl (C=O) groups excluding carboxylic acids is 1. The molecule has 0 saturated carbocycles. The van der Waals surface area contributed by atoms with Gasteiger partial charge in [-0.3, -0.25) is 4.79 Å². The Bertz CT molecular complexity index is 694. The maximum Gasteiger partial charge on any atom is 0.220 e. The van der Waals surface area contributed by atoms with Crippen molar-refractivity contribution in [2.75, 3.05) is 6.54 Å². The van der Waals surface area contributed by atoms with E-state index in [0.717, 1.165) is 5.56 Å². The highest BCUT2D eigenvalue weighted by atomic mass is 28.4. The largest absolute Gasteiger partial charge is 0.408 e. The summed E-state index contributed by atoms with van der Waals surface area (Å²) in [6, 6.07) is 9.90. The smallest absolute Gasteiger partial charge is 0.220 e. The van der Waals surface area contributed by atoms with E-state index in [1.807, 2.05) is 41.3 Å². The number of hydrogen-bond donors (Lipinski definition) is 0. The molecule has 5 heteroatoms. The summed E-state index contributed by atoms with van der Waals surface area (Å²) in [5, 5.41) is 0.0911. The summed E-state index contributed by atoms with van der Waals surface area (Å²) in [7, 11) is -2.00. The Balaban J connectivity index is 2.23. The van der Waals surface area contributed by atoms with Gasteiger partial charge in [0.05, 0.1) is 24.9 Å². The molecule has 28 heavy (non-hydrogen) atoms. The van der Waals surface area contributed by atoms with Gasteiger partial charge in [-0.15, -0.1) is 6.58 Å². The van der Waals surface area contributed by atoms with Gasteiger partial charge in [0, 0.05) is 13.5 Å². The summed E-state index contributed by atoms with van der Waals surface area (Å²) >= 11 is 0. The van der Waals surface area contributed by atoms with Crippen molar-refractivity contribution < 1.29 is 14.0 Å². The minimum absolute atomic E-state index is 0.00532. The molecule has 3 atom stereocenters. The van der Waals surface area contributed by atoms with Gasteiger partial charge >= 0.3 is 0 Å². The van der Waals surface area contributed by atoms with Crippen LogP contribution in [0.25, 0.3) is 0 Å². The molecule has 0 fully saturated rings. The van der Waals surface area contributed by atoms with Crippen LogP contribution in [-0.2, 0) is 20.6 Å². The van der Waals surface area contributed by atoms with Crippen LogP contribution in [0.2, 0.25) is 18.1 Å². The third-order valence-electron chi connectivity index (χ3n) is 5.78. The molecule has 0 bridgehead atoms. The fourth-order valence-corrected chi connectivity index (χ4v) is 4.39. The third kappa shape index (κ3) is 5.43. The van der Waals surface area contributed by atoms with E-state index in [1.165, 1.54) is 0 Å². The number of rotatable bonds is 8. The van der Waals surface area contributed by atoms with Crippen molar-refractivity contribution in [3.8, 4) is 0 Å². The zero-order valence-electron chi connectivity index (χ0n) is 18.1. The van der Waals surface area contributed by atoms with E-state index in [4.69, 9.17) is 9.16 Å². The first-order chi connectivity index (χ1) is 13.1. The normalized spacial score (nSPS) is 22.3. The van der Waals surface area contributed by atoms with E-state index in [9.17, 15) is 4.79 Å². The molecule has 0 unspecified atom stereocenters. The number of hydrogen-bond acceptors (Lipinski definition) is 3. The average Bonchev–Trinajstić information content (AvgIpc) is 2.99. The Morgan fingerprint density at radius 1 is 1.18 bits per heavy atom. The SMILES string of the molecule is C=CCN(C(C)=O)[C@@H]1[C@@H](OCc2ccccc2)C=C[C@H]1O[Si](C)(C)C(C)(C)C. The van der Waals surface area contributed by atoms with Crippen LogP contribution in [0.15, 0.2) is 55.1 Å². The first-order valence-electron chi connectivity index (χ1n) is 9.96. The lowest BCUT2D eigenvalue weighted by Crippen LogP contribution is -2.54. The highest BCUT2D eigenvalue weighted by Crippen LogP contribution is 2.39. The molecule has 0 saturated heterocycles. The number of benzene rings is 1. The zero-order chi connectivity index (χ0) is 20.9. The van der Waals surface area contributed by atoms with Gasteiger partial charge in [0.2, 0.25) is 5.91 Å². The van der Waals surface area contributed by atoms with Crippen molar-refractivity contribution in [2.24, 2.45) is 0 Å². The van der Waals surface area contributed by atoms with Crippen LogP contribution in [0.3, 0.4) is 0 Å². The summed E-state index contributed by atoms with van der Waals surface area (Å²) in [5.74, 6) is 0.00532. The van der Waals surface area contributed by atoms with Crippen LogP contribution in [0.5, 0.6) is 0 Å². The second-order valence-electron chi connectivity index (χ2n) is 8.94. The molecule has 0 radical (unpaired) electrons. The Kier molecular flexibility index (Phi) is 7.43. The maximum absolute atomic E-state index is 12.4. The molecule has 0 heterocycles. The highest BCUT2D eigenvalue weighted by molar-refractivity contribution is 6.74. The van der Waals surface area contributed by atoms with Gasteiger partial charge in [-0.2, -0.15) is 0 Å². The number of carbonyl (C=O) groups is 1. The Labute approximate surface area is 171 Å². The van der Waals surface area contributed by atoms with Crippen molar-refractivity contribution in [2.45, 2.75) is 70.7 Å². The molecule has 2 rings (SSSR count). The van der Waals surface area contributed by atoms with Crippen molar-refractivity contribution >= 4 is 14.2 Å². The number of ether oxygens (including phenoxy) is 1. The first kappa shape index (κ1) is 22.6. The standard InChI is InChI=1S/C23H35NO3Si/c1-8-16-24(18(2)25)22-20(26-17-19-12-10-9-11-13-19)14-15-21(22)27-28(6,7)23(3,4)5/h8-15,20-22H,1,16-17H2,2-7H3/t20-,21+,22+/m0/s1. The second-order valence-corrected chi connectivity index (χ2v) is 13.7. The predicted octanol–water partition coefficient (Wildman–Crippen LogP) is 4.94. The molecule has 1 amide bonds. The molecule has 0 aliphatic heterocycles. The Morgan fingerprint density at radius 2 is 1.79 bits per heavy atom. The van der Waals surface area contributed by atoms with Crippen molar-refractivity contribution in [3.63, 3.8) is 0 Å². The van der Waals surface area contributed by atoms with Crippen LogP contribution in [-0.4, -0.2) is 43.9 Å². The fraction of sp³-hybridized carbons (Fsp3) is 0.522. The third-order valence-corrected chi connectivity index (χ3v) is 10.2. The van der Waals surface area contributed by atoms with Crippen LogP contribution >= 0.6 is 0 Å². The fourth-order valence-electron chi connectivity index (χ4n) is 3.13. The van der Waals surface area contributed by atoms with Gasteiger partial charge < -0.3 is 14.1 Å². The quantitative estimate of drug-likeness (QED) is 0.458. The second kappa shape index (κ2) is 9.20. The molecule has 1 aliphatic rings. The van der Waals surface area contributed by atoms with E-state index in [0.29, 0.717) is 13.2 Å². The summed E-state index contributed by atoms with van der Waals surface area (Å²) in [5.41, 5.74) is 1.11. The molecular formula is C23H35NO3Si. The Morgan fingerprint density at radius 3 is 2.32 bits per heavy atom. The first-order valence-corrected chi connectivity index (χ1v) is 12.9. The summed E-state index contributed by atoms with van der Waals surface area (Å²) in [6.45, 7) is 17.5. The molecule has 0 spiro atoms. The molecule has 0 aromatic heterocycles. The van der Waals surface area contributed by atoms with Crippen LogP contribution in [0, 0.1) is 0 Å². The monoisotopic (exact) mass is 401 g/mol. The van der Waals surface area contributed by atoms with Crippen molar-refractivity contribution in [1.29, 1.82) is 0 Å². The molecule has 1 aliphatic carbocycles. The summed E-state index contributed by atoms with van der Waals surface area (Å²) in [4.78, 5) is 14.2. The lowest BCUT2D eigenvalue weighted by molar-refractivity contribution is -0.135. The van der Waals surface area contributed by atoms with E-state index in [-0.39, 0.29) is 29.2 Å². The average molecular weight is 402 g/mol. The molecular weight excluding hydrogens is 366 g/mol. The van der Waals surface area contributed by atoms with Gasteiger partial charge in [0.25, 0.3) is 0 Å². The molecule has 1 aromatic rings. The number of nitrogens with zero attached hydrogens (tertiary/aromatic N) is 1. The molecule has 0 N–H and O–H groups in total. The van der Waals surface area contributed by atoms with Crippen LogP contribution in [0.1, 0.15) is 33.3 Å². The van der Waals surface area contributed by atoms with Gasteiger partial charge in [-0.05, 0) is 23.7 Å². The molecule has 154 valence electrons.